The molecule has 0 saturated heterocycles. The van der Waals surface area contributed by atoms with Crippen molar-refractivity contribution in [2.24, 2.45) is 0 Å². The minimum atomic E-state index is -0.444. The summed E-state index contributed by atoms with van der Waals surface area (Å²) in [7, 11) is 1.41. The molecule has 1 aromatic rings. The Morgan fingerprint density at radius 2 is 2.21 bits per heavy atom. The Morgan fingerprint density at radius 3 is 2.64 bits per heavy atom. The number of nitro benzene ring substituents is 1. The van der Waals surface area contributed by atoms with Gasteiger partial charge < -0.3 is 4.74 Å². The van der Waals surface area contributed by atoms with Gasteiger partial charge in [0.25, 0.3) is 0 Å². The van der Waals surface area contributed by atoms with Crippen molar-refractivity contribution in [1.29, 1.82) is 0 Å². The van der Waals surface area contributed by atoms with Crippen LogP contribution < -0.4 is 4.74 Å². The summed E-state index contributed by atoms with van der Waals surface area (Å²) < 4.78 is 5.62. The zero-order valence-electron chi connectivity index (χ0n) is 7.29. The number of hydrogen-bond donors (Lipinski definition) is 0. The van der Waals surface area contributed by atoms with Crippen molar-refractivity contribution >= 4 is 37.5 Å². The number of ether oxygens (including phenoxy) is 1. The van der Waals surface area contributed by atoms with Crippen LogP contribution in [-0.2, 0) is 5.33 Å². The summed E-state index contributed by atoms with van der Waals surface area (Å²) in [4.78, 5) is 10.4. The van der Waals surface area contributed by atoms with Crippen LogP contribution in [0.25, 0.3) is 0 Å². The van der Waals surface area contributed by atoms with Gasteiger partial charge in [-0.3, -0.25) is 10.1 Å². The van der Waals surface area contributed by atoms with Gasteiger partial charge in [0.05, 0.1) is 17.6 Å². The van der Waals surface area contributed by atoms with Gasteiger partial charge in [0.15, 0.2) is 5.75 Å². The van der Waals surface area contributed by atoms with Crippen LogP contribution in [0.2, 0.25) is 0 Å². The van der Waals surface area contributed by atoms with E-state index in [1.54, 1.807) is 12.1 Å². The van der Waals surface area contributed by atoms with Crippen molar-refractivity contribution in [3.05, 3.63) is 32.3 Å². The first-order valence-electron chi connectivity index (χ1n) is 3.67. The smallest absolute Gasteiger partial charge is 0.316 e. The quantitative estimate of drug-likeness (QED) is 0.487. The topological polar surface area (TPSA) is 52.4 Å². The van der Waals surface area contributed by atoms with E-state index < -0.39 is 4.92 Å². The second-order valence-electron chi connectivity index (χ2n) is 2.47. The first-order chi connectivity index (χ1) is 6.61. The third kappa shape index (κ3) is 2.06. The molecule has 0 unspecified atom stereocenters. The standard InChI is InChI=1S/C8H7Br2NO3/c1-14-7-3-2-6(10)5(4-9)8(7)11(12)13/h2-3H,4H2,1H3. The van der Waals surface area contributed by atoms with Crippen LogP contribution in [0.4, 0.5) is 5.69 Å². The Kier molecular flexibility index (Phi) is 3.88. The van der Waals surface area contributed by atoms with Gasteiger partial charge in [-0.15, -0.1) is 0 Å². The lowest BCUT2D eigenvalue weighted by molar-refractivity contribution is -0.386. The third-order valence-electron chi connectivity index (χ3n) is 1.72. The van der Waals surface area contributed by atoms with Gasteiger partial charge in [-0.05, 0) is 12.1 Å². The Labute approximate surface area is 97.7 Å². The Hall–Kier alpha value is -0.620. The lowest BCUT2D eigenvalue weighted by Crippen LogP contribution is -1.98. The molecule has 1 rings (SSSR count). The maximum absolute atomic E-state index is 10.8. The summed E-state index contributed by atoms with van der Waals surface area (Å²) in [6.07, 6.45) is 0. The first kappa shape index (κ1) is 11.5. The number of benzene rings is 1. The number of nitro groups is 1. The highest BCUT2D eigenvalue weighted by atomic mass is 79.9. The molecule has 0 aromatic heterocycles. The number of alkyl halides is 1. The van der Waals surface area contributed by atoms with Gasteiger partial charge >= 0.3 is 5.69 Å². The Morgan fingerprint density at radius 1 is 1.57 bits per heavy atom. The highest BCUT2D eigenvalue weighted by molar-refractivity contribution is 9.10. The van der Waals surface area contributed by atoms with Crippen LogP contribution in [-0.4, -0.2) is 12.0 Å². The van der Waals surface area contributed by atoms with Crippen molar-refractivity contribution in [2.75, 3.05) is 7.11 Å². The molecule has 0 saturated carbocycles. The maximum atomic E-state index is 10.8. The lowest BCUT2D eigenvalue weighted by atomic mass is 10.2. The van der Waals surface area contributed by atoms with Crippen LogP contribution in [0.1, 0.15) is 5.56 Å². The maximum Gasteiger partial charge on any atom is 0.316 e. The molecule has 76 valence electrons. The zero-order chi connectivity index (χ0) is 10.7. The van der Waals surface area contributed by atoms with E-state index in [-0.39, 0.29) is 11.4 Å². The molecule has 0 bridgehead atoms. The summed E-state index contributed by atoms with van der Waals surface area (Å²) in [5.41, 5.74) is 0.577. The molecule has 6 heteroatoms. The van der Waals surface area contributed by atoms with Crippen LogP contribution in [0.5, 0.6) is 5.75 Å². The van der Waals surface area contributed by atoms with Gasteiger partial charge in [-0.25, -0.2) is 0 Å². The number of nitrogens with zero attached hydrogens (tertiary/aromatic N) is 1. The summed E-state index contributed by atoms with van der Waals surface area (Å²) in [6, 6.07) is 3.29. The molecule has 0 fully saturated rings. The molecule has 0 atom stereocenters. The fourth-order valence-corrected chi connectivity index (χ4v) is 2.49. The highest BCUT2D eigenvalue weighted by Crippen LogP contribution is 2.36. The largest absolute Gasteiger partial charge is 0.490 e. The van der Waals surface area contributed by atoms with Crippen molar-refractivity contribution in [1.82, 2.24) is 0 Å². The minimum absolute atomic E-state index is 0.00116. The fraction of sp³-hybridized carbons (Fsp3) is 0.250. The number of rotatable bonds is 3. The van der Waals surface area contributed by atoms with Crippen molar-refractivity contribution < 1.29 is 9.66 Å². The van der Waals surface area contributed by atoms with Crippen molar-refractivity contribution in [3.63, 3.8) is 0 Å². The van der Waals surface area contributed by atoms with E-state index in [9.17, 15) is 10.1 Å². The third-order valence-corrected chi connectivity index (χ3v) is 3.03. The molecule has 0 radical (unpaired) electrons. The SMILES string of the molecule is COc1ccc(Br)c(CBr)c1[N+](=O)[O-]. The van der Waals surface area contributed by atoms with Crippen LogP contribution in [0.3, 0.4) is 0 Å². The molecule has 4 nitrogen and oxygen atoms in total. The molecule has 14 heavy (non-hydrogen) atoms. The molecule has 1 aromatic carbocycles. The molecule has 0 N–H and O–H groups in total. The van der Waals surface area contributed by atoms with Gasteiger partial charge in [-0.2, -0.15) is 0 Å². The molecule has 0 aliphatic rings. The summed E-state index contributed by atoms with van der Waals surface area (Å²) >= 11 is 6.45. The van der Waals surface area contributed by atoms with E-state index in [0.717, 1.165) is 0 Å². The van der Waals surface area contributed by atoms with Crippen LogP contribution in [0.15, 0.2) is 16.6 Å². The molecule has 0 aliphatic carbocycles. The van der Waals surface area contributed by atoms with E-state index >= 15 is 0 Å². The Balaban J connectivity index is 3.43. The summed E-state index contributed by atoms with van der Waals surface area (Å²) in [5, 5.41) is 11.2. The van der Waals surface area contributed by atoms with Crippen molar-refractivity contribution in [2.45, 2.75) is 5.33 Å². The normalized spacial score (nSPS) is 9.93. The van der Waals surface area contributed by atoms with Gasteiger partial charge in [-0.1, -0.05) is 31.9 Å². The van der Waals surface area contributed by atoms with E-state index in [1.165, 1.54) is 7.11 Å². The first-order valence-corrected chi connectivity index (χ1v) is 5.59. The highest BCUT2D eigenvalue weighted by Gasteiger charge is 2.22. The van der Waals surface area contributed by atoms with Crippen LogP contribution in [0, 0.1) is 10.1 Å². The van der Waals surface area contributed by atoms with Crippen molar-refractivity contribution in [3.8, 4) is 5.75 Å². The molecular weight excluding hydrogens is 318 g/mol. The monoisotopic (exact) mass is 323 g/mol. The van der Waals surface area contributed by atoms with Crippen LogP contribution >= 0.6 is 31.9 Å². The molecular formula is C8H7Br2NO3. The molecule has 0 amide bonds. The van der Waals surface area contributed by atoms with Gasteiger partial charge in [0.1, 0.15) is 0 Å². The van der Waals surface area contributed by atoms with E-state index in [2.05, 4.69) is 31.9 Å². The molecule has 0 aliphatic heterocycles. The number of hydrogen-bond acceptors (Lipinski definition) is 3. The average Bonchev–Trinajstić information content (AvgIpc) is 2.17. The van der Waals surface area contributed by atoms with Gasteiger partial charge in [0, 0.05) is 9.80 Å². The minimum Gasteiger partial charge on any atom is -0.490 e. The Bertz CT molecular complexity index is 368. The van der Waals surface area contributed by atoms with E-state index in [1.807, 2.05) is 0 Å². The van der Waals surface area contributed by atoms with E-state index in [4.69, 9.17) is 4.74 Å². The van der Waals surface area contributed by atoms with E-state index in [0.29, 0.717) is 15.4 Å². The second kappa shape index (κ2) is 4.75. The molecule has 0 heterocycles. The zero-order valence-corrected chi connectivity index (χ0v) is 10.5. The lowest BCUT2D eigenvalue weighted by Gasteiger charge is -2.06. The molecule has 0 spiro atoms. The predicted octanol–water partition coefficient (Wildman–Crippen LogP) is 3.26. The predicted molar refractivity (Wildman–Crippen MR) is 60.0 cm³/mol. The number of halogens is 2. The van der Waals surface area contributed by atoms with Gasteiger partial charge in [0.2, 0.25) is 0 Å². The fourth-order valence-electron chi connectivity index (χ4n) is 1.08. The number of methoxy groups -OCH3 is 1. The average molecular weight is 325 g/mol. The summed E-state index contributed by atoms with van der Waals surface area (Å²) in [6.45, 7) is 0. The second-order valence-corrected chi connectivity index (χ2v) is 3.88. The summed E-state index contributed by atoms with van der Waals surface area (Å²) in [5.74, 6) is 0.271.